The Morgan fingerprint density at radius 2 is 1.96 bits per heavy atom. The quantitative estimate of drug-likeness (QED) is 0.556. The van der Waals surface area contributed by atoms with Crippen molar-refractivity contribution < 1.29 is 9.18 Å². The molecule has 25 heavy (non-hydrogen) atoms. The van der Waals surface area contributed by atoms with Gasteiger partial charge in [0.15, 0.2) is 0 Å². The Labute approximate surface area is 157 Å². The highest BCUT2D eigenvalue weighted by molar-refractivity contribution is 9.10. The van der Waals surface area contributed by atoms with Crippen LogP contribution in [0.5, 0.6) is 0 Å². The molecule has 1 amide bonds. The van der Waals surface area contributed by atoms with E-state index >= 15 is 0 Å². The van der Waals surface area contributed by atoms with Gasteiger partial charge in [0.1, 0.15) is 5.82 Å². The van der Waals surface area contributed by atoms with Gasteiger partial charge in [-0.25, -0.2) is 4.39 Å². The van der Waals surface area contributed by atoms with Gasteiger partial charge in [0.05, 0.1) is 5.56 Å². The highest BCUT2D eigenvalue weighted by Gasteiger charge is 2.11. The number of benzene rings is 2. The summed E-state index contributed by atoms with van der Waals surface area (Å²) in [5.41, 5.74) is 2.07. The largest absolute Gasteiger partial charge is 0.322 e. The minimum atomic E-state index is -0.449. The van der Waals surface area contributed by atoms with Gasteiger partial charge in [0, 0.05) is 33.2 Å². The first-order valence-corrected chi connectivity index (χ1v) is 9.28. The smallest absolute Gasteiger partial charge is 0.256 e. The van der Waals surface area contributed by atoms with E-state index in [4.69, 9.17) is 0 Å². The molecule has 0 bridgehead atoms. The fourth-order valence-corrected chi connectivity index (χ4v) is 3.41. The number of nitrogens with one attached hydrogen (secondary N) is 1. The maximum absolute atomic E-state index is 13.3. The van der Waals surface area contributed by atoms with Crippen molar-refractivity contribution in [1.29, 1.82) is 0 Å². The standard InChI is InChI=1S/C19H14BrFN2OS/c20-18-8-3-14(21)10-17(18)19(24)23-15-4-6-16(7-5-15)25-12-13-2-1-9-22-11-13/h1-11H,12H2,(H,23,24). The summed E-state index contributed by atoms with van der Waals surface area (Å²) in [7, 11) is 0. The second-order valence-electron chi connectivity index (χ2n) is 5.25. The van der Waals surface area contributed by atoms with E-state index in [1.54, 1.807) is 18.0 Å². The highest BCUT2D eigenvalue weighted by Crippen LogP contribution is 2.25. The average molecular weight is 417 g/mol. The van der Waals surface area contributed by atoms with Crippen LogP contribution in [0.1, 0.15) is 15.9 Å². The summed E-state index contributed by atoms with van der Waals surface area (Å²) < 4.78 is 13.9. The van der Waals surface area contributed by atoms with Crippen molar-refractivity contribution in [3.05, 3.63) is 88.4 Å². The fourth-order valence-electron chi connectivity index (χ4n) is 2.15. The van der Waals surface area contributed by atoms with Crippen LogP contribution < -0.4 is 5.32 Å². The summed E-state index contributed by atoms with van der Waals surface area (Å²) in [5, 5.41) is 2.77. The summed E-state index contributed by atoms with van der Waals surface area (Å²) in [6, 6.07) is 15.5. The molecule has 3 rings (SSSR count). The minimum Gasteiger partial charge on any atom is -0.322 e. The lowest BCUT2D eigenvalue weighted by Crippen LogP contribution is -2.12. The summed E-state index contributed by atoms with van der Waals surface area (Å²) in [6.45, 7) is 0. The number of carbonyl (C=O) groups is 1. The molecule has 1 N–H and O–H groups in total. The molecule has 0 spiro atoms. The second kappa shape index (κ2) is 8.27. The van der Waals surface area contributed by atoms with E-state index in [0.29, 0.717) is 10.2 Å². The Morgan fingerprint density at radius 3 is 2.68 bits per heavy atom. The molecular weight excluding hydrogens is 403 g/mol. The Bertz CT molecular complexity index is 872. The number of hydrogen-bond donors (Lipinski definition) is 1. The number of rotatable bonds is 5. The van der Waals surface area contributed by atoms with E-state index in [1.165, 1.54) is 18.2 Å². The van der Waals surface area contributed by atoms with Gasteiger partial charge in [-0.3, -0.25) is 9.78 Å². The second-order valence-corrected chi connectivity index (χ2v) is 7.16. The third-order valence-electron chi connectivity index (χ3n) is 3.41. The summed E-state index contributed by atoms with van der Waals surface area (Å²) in [5.74, 6) is 0.0214. The lowest BCUT2D eigenvalue weighted by molar-refractivity contribution is 0.102. The van der Waals surface area contributed by atoms with Crippen LogP contribution in [0.25, 0.3) is 0 Å². The molecule has 0 saturated heterocycles. The van der Waals surface area contributed by atoms with E-state index in [-0.39, 0.29) is 11.5 Å². The van der Waals surface area contributed by atoms with Crippen molar-refractivity contribution >= 4 is 39.3 Å². The normalized spacial score (nSPS) is 10.5. The fraction of sp³-hybridized carbons (Fsp3) is 0.0526. The lowest BCUT2D eigenvalue weighted by atomic mass is 10.2. The molecule has 3 nitrogen and oxygen atoms in total. The molecule has 0 unspecified atom stereocenters. The number of nitrogens with zero attached hydrogens (tertiary/aromatic N) is 1. The number of carbonyl (C=O) groups excluding carboxylic acids is 1. The molecular formula is C19H14BrFN2OS. The molecule has 0 fully saturated rings. The van der Waals surface area contributed by atoms with Crippen molar-refractivity contribution in [2.45, 2.75) is 10.6 Å². The van der Waals surface area contributed by atoms with Crippen molar-refractivity contribution in [3.63, 3.8) is 0 Å². The Hall–Kier alpha value is -2.18. The number of pyridine rings is 1. The van der Waals surface area contributed by atoms with Gasteiger partial charge in [-0.2, -0.15) is 0 Å². The molecule has 1 aromatic heterocycles. The van der Waals surface area contributed by atoms with Gasteiger partial charge in [-0.1, -0.05) is 6.07 Å². The molecule has 6 heteroatoms. The summed E-state index contributed by atoms with van der Waals surface area (Å²) >= 11 is 4.95. The van der Waals surface area contributed by atoms with Crippen LogP contribution in [0.15, 0.2) is 76.4 Å². The van der Waals surface area contributed by atoms with Crippen molar-refractivity contribution in [2.75, 3.05) is 5.32 Å². The first kappa shape index (κ1) is 17.6. The highest BCUT2D eigenvalue weighted by atomic mass is 79.9. The van der Waals surface area contributed by atoms with Crippen LogP contribution in [-0.4, -0.2) is 10.9 Å². The van der Waals surface area contributed by atoms with Gasteiger partial charge in [-0.15, -0.1) is 11.8 Å². The molecule has 0 aliphatic heterocycles. The maximum Gasteiger partial charge on any atom is 0.256 e. The van der Waals surface area contributed by atoms with E-state index in [1.807, 2.05) is 42.6 Å². The maximum atomic E-state index is 13.3. The zero-order valence-electron chi connectivity index (χ0n) is 13.1. The predicted molar refractivity (Wildman–Crippen MR) is 102 cm³/mol. The van der Waals surface area contributed by atoms with E-state index in [2.05, 4.69) is 26.2 Å². The monoisotopic (exact) mass is 416 g/mol. The molecule has 1 heterocycles. The molecule has 3 aromatic rings. The van der Waals surface area contributed by atoms with Crippen molar-refractivity contribution in [3.8, 4) is 0 Å². The number of anilines is 1. The number of halogens is 2. The Morgan fingerprint density at radius 1 is 1.16 bits per heavy atom. The number of amides is 1. The molecule has 0 radical (unpaired) electrons. The van der Waals surface area contributed by atoms with Gasteiger partial charge in [0.25, 0.3) is 5.91 Å². The Balaban J connectivity index is 1.62. The van der Waals surface area contributed by atoms with E-state index < -0.39 is 5.82 Å². The van der Waals surface area contributed by atoms with Gasteiger partial charge < -0.3 is 5.32 Å². The summed E-state index contributed by atoms with van der Waals surface area (Å²) in [6.07, 6.45) is 3.60. The summed E-state index contributed by atoms with van der Waals surface area (Å²) in [4.78, 5) is 17.4. The van der Waals surface area contributed by atoms with Crippen LogP contribution in [0.2, 0.25) is 0 Å². The number of aromatic nitrogens is 1. The first-order chi connectivity index (χ1) is 12.1. The third-order valence-corrected chi connectivity index (χ3v) is 5.19. The Kier molecular flexibility index (Phi) is 5.83. The molecule has 2 aromatic carbocycles. The van der Waals surface area contributed by atoms with Crippen molar-refractivity contribution in [1.82, 2.24) is 4.98 Å². The molecule has 126 valence electrons. The van der Waals surface area contributed by atoms with Gasteiger partial charge in [-0.05, 0) is 70.0 Å². The van der Waals surface area contributed by atoms with Crippen LogP contribution in [-0.2, 0) is 5.75 Å². The first-order valence-electron chi connectivity index (χ1n) is 7.50. The average Bonchev–Trinajstić information content (AvgIpc) is 2.64. The van der Waals surface area contributed by atoms with Crippen LogP contribution in [0, 0.1) is 5.82 Å². The van der Waals surface area contributed by atoms with Crippen molar-refractivity contribution in [2.24, 2.45) is 0 Å². The minimum absolute atomic E-state index is 0.259. The number of thioether (sulfide) groups is 1. The lowest BCUT2D eigenvalue weighted by Gasteiger charge is -2.08. The van der Waals surface area contributed by atoms with Crippen LogP contribution in [0.4, 0.5) is 10.1 Å². The van der Waals surface area contributed by atoms with Gasteiger partial charge in [0.2, 0.25) is 0 Å². The third kappa shape index (κ3) is 4.90. The van der Waals surface area contributed by atoms with E-state index in [0.717, 1.165) is 16.2 Å². The number of hydrogen-bond acceptors (Lipinski definition) is 3. The molecule has 0 aliphatic rings. The van der Waals surface area contributed by atoms with Crippen LogP contribution >= 0.6 is 27.7 Å². The predicted octanol–water partition coefficient (Wildman–Crippen LogP) is 5.53. The SMILES string of the molecule is O=C(Nc1ccc(SCc2cccnc2)cc1)c1cc(F)ccc1Br. The van der Waals surface area contributed by atoms with Gasteiger partial charge >= 0.3 is 0 Å². The molecule has 0 aliphatic carbocycles. The zero-order chi connectivity index (χ0) is 17.6. The zero-order valence-corrected chi connectivity index (χ0v) is 15.5. The molecule has 0 saturated carbocycles. The topological polar surface area (TPSA) is 42.0 Å². The molecule has 0 atom stereocenters. The van der Waals surface area contributed by atoms with E-state index in [9.17, 15) is 9.18 Å². The van der Waals surface area contributed by atoms with Crippen LogP contribution in [0.3, 0.4) is 0 Å².